The molecule has 0 unspecified atom stereocenters. The van der Waals surface area contributed by atoms with E-state index in [1.165, 1.54) is 37.5 Å². The summed E-state index contributed by atoms with van der Waals surface area (Å²) in [6, 6.07) is 12.5. The fraction of sp³-hybridized carbons (Fsp3) is 0.100. The van der Waals surface area contributed by atoms with Gasteiger partial charge in [-0.3, -0.25) is 4.79 Å². The Morgan fingerprint density at radius 1 is 1.14 bits per heavy atom. The summed E-state index contributed by atoms with van der Waals surface area (Å²) in [5, 5.41) is 0.718. The Kier molecular flexibility index (Phi) is 5.67. The van der Waals surface area contributed by atoms with Gasteiger partial charge in [0.1, 0.15) is 17.1 Å². The zero-order valence-electron chi connectivity index (χ0n) is 14.7. The van der Waals surface area contributed by atoms with Gasteiger partial charge in [0, 0.05) is 10.4 Å². The number of hydrogen-bond donors (Lipinski definition) is 0. The second kappa shape index (κ2) is 8.00. The van der Waals surface area contributed by atoms with Crippen molar-refractivity contribution in [1.29, 1.82) is 0 Å². The van der Waals surface area contributed by atoms with E-state index in [2.05, 4.69) is 0 Å². The van der Waals surface area contributed by atoms with E-state index in [4.69, 9.17) is 20.8 Å². The van der Waals surface area contributed by atoms with Gasteiger partial charge < -0.3 is 9.15 Å². The number of benzene rings is 2. The largest absolute Gasteiger partial charge is 0.497 e. The van der Waals surface area contributed by atoms with Gasteiger partial charge in [-0.25, -0.2) is 13.2 Å². The third kappa shape index (κ3) is 4.49. The Balaban J connectivity index is 1.83. The Morgan fingerprint density at radius 2 is 1.86 bits per heavy atom. The molecule has 0 fully saturated rings. The number of ketones is 1. The van der Waals surface area contributed by atoms with Gasteiger partial charge in [-0.2, -0.15) is 0 Å². The molecule has 0 aliphatic heterocycles. The second-order valence-electron chi connectivity index (χ2n) is 5.91. The van der Waals surface area contributed by atoms with Crippen LogP contribution in [0.15, 0.2) is 68.7 Å². The van der Waals surface area contributed by atoms with Crippen molar-refractivity contribution in [3.05, 3.63) is 75.6 Å². The summed E-state index contributed by atoms with van der Waals surface area (Å²) in [6.45, 7) is 0. The first kappa shape index (κ1) is 19.9. The average Bonchev–Trinajstić information content (AvgIpc) is 2.66. The fourth-order valence-electron chi connectivity index (χ4n) is 2.51. The molecule has 0 aliphatic carbocycles. The van der Waals surface area contributed by atoms with E-state index in [1.54, 1.807) is 24.3 Å². The number of fused-ring (bicyclic) bond motifs is 1. The molecule has 0 atom stereocenters. The number of halogens is 1. The minimum atomic E-state index is -4.18. The van der Waals surface area contributed by atoms with E-state index in [0.29, 0.717) is 21.7 Å². The zero-order chi connectivity index (χ0) is 20.3. The molecule has 0 amide bonds. The molecule has 0 spiro atoms. The molecule has 0 saturated heterocycles. The van der Waals surface area contributed by atoms with Crippen molar-refractivity contribution in [2.45, 2.75) is 4.90 Å². The standard InChI is InChI=1S/C20H15ClO6S/c1-26-17-7-3-13(4-8-17)2-6-16(22)12-28(24,25)19-11-14-10-15(21)5-9-18(14)27-20(19)23/h2-11H,12H2,1H3/b6-2+. The van der Waals surface area contributed by atoms with Crippen LogP contribution < -0.4 is 10.4 Å². The Morgan fingerprint density at radius 3 is 2.54 bits per heavy atom. The summed E-state index contributed by atoms with van der Waals surface area (Å²) >= 11 is 5.89. The van der Waals surface area contributed by atoms with Gasteiger partial charge in [-0.15, -0.1) is 0 Å². The van der Waals surface area contributed by atoms with E-state index in [1.807, 2.05) is 0 Å². The third-order valence-corrected chi connectivity index (χ3v) is 5.76. The Hall–Kier alpha value is -2.90. The van der Waals surface area contributed by atoms with Crippen LogP contribution in [0.3, 0.4) is 0 Å². The summed E-state index contributed by atoms with van der Waals surface area (Å²) in [6.07, 6.45) is 2.64. The van der Waals surface area contributed by atoms with Crippen molar-refractivity contribution in [3.8, 4) is 5.75 Å². The number of ether oxygens (including phenoxy) is 1. The molecule has 144 valence electrons. The molecule has 8 heteroatoms. The molecular formula is C20H15ClO6S. The van der Waals surface area contributed by atoms with Crippen molar-refractivity contribution in [2.75, 3.05) is 12.9 Å². The van der Waals surface area contributed by atoms with E-state index in [9.17, 15) is 18.0 Å². The summed E-state index contributed by atoms with van der Waals surface area (Å²) < 4.78 is 35.1. The minimum absolute atomic E-state index is 0.207. The molecule has 0 aliphatic rings. The Labute approximate surface area is 165 Å². The lowest BCUT2D eigenvalue weighted by Gasteiger charge is -2.03. The van der Waals surface area contributed by atoms with Gasteiger partial charge in [0.2, 0.25) is 0 Å². The van der Waals surface area contributed by atoms with E-state index >= 15 is 0 Å². The smallest absolute Gasteiger partial charge is 0.355 e. The van der Waals surface area contributed by atoms with Crippen molar-refractivity contribution in [2.24, 2.45) is 0 Å². The highest BCUT2D eigenvalue weighted by atomic mass is 35.5. The predicted octanol–water partition coefficient (Wildman–Crippen LogP) is 3.51. The second-order valence-corrected chi connectivity index (χ2v) is 8.31. The quantitative estimate of drug-likeness (QED) is 0.449. The van der Waals surface area contributed by atoms with Crippen LogP contribution in [-0.2, 0) is 14.6 Å². The molecule has 0 saturated carbocycles. The molecule has 6 nitrogen and oxygen atoms in total. The number of allylic oxidation sites excluding steroid dienone is 1. The lowest BCUT2D eigenvalue weighted by Crippen LogP contribution is -2.20. The maximum Gasteiger partial charge on any atom is 0.355 e. The SMILES string of the molecule is COc1ccc(/C=C/C(=O)CS(=O)(=O)c2cc3cc(Cl)ccc3oc2=O)cc1. The summed E-state index contributed by atoms with van der Waals surface area (Å²) in [5.74, 6) is -0.855. The molecule has 0 radical (unpaired) electrons. The van der Waals surface area contributed by atoms with Crippen LogP contribution in [0.25, 0.3) is 17.0 Å². The molecule has 1 heterocycles. The number of methoxy groups -OCH3 is 1. The van der Waals surface area contributed by atoms with E-state index in [-0.39, 0.29) is 5.58 Å². The molecule has 0 bridgehead atoms. The third-order valence-electron chi connectivity index (χ3n) is 3.91. The fourth-order valence-corrected chi connectivity index (χ4v) is 3.92. The molecule has 3 rings (SSSR count). The van der Waals surface area contributed by atoms with Crippen LogP contribution in [0.2, 0.25) is 5.02 Å². The van der Waals surface area contributed by atoms with Crippen molar-refractivity contribution < 1.29 is 22.4 Å². The first-order valence-corrected chi connectivity index (χ1v) is 10.1. The van der Waals surface area contributed by atoms with E-state index in [0.717, 1.165) is 6.08 Å². The van der Waals surface area contributed by atoms with Crippen LogP contribution in [0.1, 0.15) is 5.56 Å². The van der Waals surface area contributed by atoms with Gasteiger partial charge in [-0.05, 0) is 48.0 Å². The minimum Gasteiger partial charge on any atom is -0.497 e. The maximum absolute atomic E-state index is 12.5. The predicted molar refractivity (Wildman–Crippen MR) is 107 cm³/mol. The van der Waals surface area contributed by atoms with Crippen molar-refractivity contribution >= 4 is 44.3 Å². The van der Waals surface area contributed by atoms with Gasteiger partial charge in [-0.1, -0.05) is 29.8 Å². The highest BCUT2D eigenvalue weighted by Crippen LogP contribution is 2.21. The monoisotopic (exact) mass is 418 g/mol. The molecule has 2 aromatic carbocycles. The van der Waals surface area contributed by atoms with Crippen molar-refractivity contribution in [3.63, 3.8) is 0 Å². The highest BCUT2D eigenvalue weighted by molar-refractivity contribution is 7.92. The molecular weight excluding hydrogens is 404 g/mol. The molecule has 1 aromatic heterocycles. The normalized spacial score (nSPS) is 11.8. The lowest BCUT2D eigenvalue weighted by atomic mass is 10.2. The summed E-state index contributed by atoms with van der Waals surface area (Å²) in [4.78, 5) is 23.6. The number of rotatable bonds is 6. The van der Waals surface area contributed by atoms with Crippen LogP contribution in [0.5, 0.6) is 5.75 Å². The first-order chi connectivity index (χ1) is 13.3. The van der Waals surface area contributed by atoms with E-state index < -0.39 is 31.9 Å². The first-order valence-electron chi connectivity index (χ1n) is 8.09. The number of carbonyl (C=O) groups is 1. The van der Waals surface area contributed by atoms with Crippen LogP contribution in [-0.4, -0.2) is 27.1 Å². The zero-order valence-corrected chi connectivity index (χ0v) is 16.3. The van der Waals surface area contributed by atoms with Crippen molar-refractivity contribution in [1.82, 2.24) is 0 Å². The highest BCUT2D eigenvalue weighted by Gasteiger charge is 2.23. The maximum atomic E-state index is 12.5. The van der Waals surface area contributed by atoms with Gasteiger partial charge in [0.25, 0.3) is 0 Å². The number of sulfone groups is 1. The topological polar surface area (TPSA) is 90.7 Å². The van der Waals surface area contributed by atoms with Gasteiger partial charge in [0.05, 0.1) is 7.11 Å². The number of hydrogen-bond acceptors (Lipinski definition) is 6. The Bertz CT molecular complexity index is 1220. The summed E-state index contributed by atoms with van der Waals surface area (Å²) in [7, 11) is -2.64. The van der Waals surface area contributed by atoms with Crippen LogP contribution in [0, 0.1) is 0 Å². The molecule has 28 heavy (non-hydrogen) atoms. The molecule has 0 N–H and O–H groups in total. The number of carbonyl (C=O) groups excluding carboxylic acids is 1. The average molecular weight is 419 g/mol. The van der Waals surface area contributed by atoms with Gasteiger partial charge in [0.15, 0.2) is 20.5 Å². The molecule has 3 aromatic rings. The lowest BCUT2D eigenvalue weighted by molar-refractivity contribution is -0.112. The van der Waals surface area contributed by atoms with Crippen LogP contribution in [0.4, 0.5) is 0 Å². The summed E-state index contributed by atoms with van der Waals surface area (Å²) in [5.41, 5.74) is -0.118. The van der Waals surface area contributed by atoms with Crippen LogP contribution >= 0.6 is 11.6 Å². The van der Waals surface area contributed by atoms with Gasteiger partial charge >= 0.3 is 5.63 Å².